The Hall–Kier alpha value is -2.96. The number of anilines is 1. The number of hydrogen-bond acceptors (Lipinski definition) is 3. The van der Waals surface area contributed by atoms with Gasteiger partial charge in [-0.3, -0.25) is 14.2 Å². The van der Waals surface area contributed by atoms with E-state index in [9.17, 15) is 9.18 Å². The number of benzene rings is 1. The van der Waals surface area contributed by atoms with Crippen LogP contribution in [-0.2, 0) is 13.1 Å². The molecule has 0 atom stereocenters. The summed E-state index contributed by atoms with van der Waals surface area (Å²) in [4.78, 5) is 12.2. The minimum absolute atomic E-state index is 0.241. The molecule has 0 aliphatic rings. The zero-order chi connectivity index (χ0) is 16.2. The minimum atomic E-state index is -0.281. The third-order valence-corrected chi connectivity index (χ3v) is 3.37. The van der Waals surface area contributed by atoms with Gasteiger partial charge in [0.1, 0.15) is 11.5 Å². The van der Waals surface area contributed by atoms with Crippen LogP contribution in [0, 0.1) is 5.82 Å². The summed E-state index contributed by atoms with van der Waals surface area (Å²) < 4.78 is 16.4. The molecule has 0 saturated carbocycles. The molecule has 3 rings (SSSR count). The summed E-state index contributed by atoms with van der Waals surface area (Å²) in [7, 11) is 0. The molecular weight excluding hydrogens is 297 g/mol. The first-order chi connectivity index (χ1) is 11.2. The number of halogens is 1. The van der Waals surface area contributed by atoms with Crippen LogP contribution in [0.15, 0.2) is 48.9 Å². The van der Waals surface area contributed by atoms with Gasteiger partial charge >= 0.3 is 0 Å². The summed E-state index contributed by atoms with van der Waals surface area (Å²) in [6, 6.07) is 8.00. The summed E-state index contributed by atoms with van der Waals surface area (Å²) in [6.07, 6.45) is 4.85. The Morgan fingerprint density at radius 2 is 2.17 bits per heavy atom. The number of aromatic nitrogens is 4. The number of carbonyl (C=O) groups is 1. The fraction of sp³-hybridized carbons (Fsp3) is 0.188. The fourth-order valence-corrected chi connectivity index (χ4v) is 2.31. The average molecular weight is 313 g/mol. The molecule has 0 fully saturated rings. The van der Waals surface area contributed by atoms with Crippen molar-refractivity contribution in [2.24, 2.45) is 0 Å². The van der Waals surface area contributed by atoms with E-state index >= 15 is 0 Å². The fourth-order valence-electron chi connectivity index (χ4n) is 2.31. The van der Waals surface area contributed by atoms with Gasteiger partial charge in [-0.2, -0.15) is 10.2 Å². The molecule has 2 heterocycles. The Balaban J connectivity index is 1.69. The van der Waals surface area contributed by atoms with Gasteiger partial charge in [-0.1, -0.05) is 12.1 Å². The lowest BCUT2D eigenvalue weighted by molar-refractivity contribution is 0.101. The van der Waals surface area contributed by atoms with E-state index < -0.39 is 0 Å². The van der Waals surface area contributed by atoms with Crippen LogP contribution in [0.4, 0.5) is 10.1 Å². The van der Waals surface area contributed by atoms with Crippen LogP contribution in [0.1, 0.15) is 23.0 Å². The van der Waals surface area contributed by atoms with Gasteiger partial charge in [0.15, 0.2) is 0 Å². The molecule has 6 nitrogen and oxygen atoms in total. The SMILES string of the molecule is CCn1nccc1C(=O)Nc1cnn(Cc2cccc(F)c2)c1. The molecule has 1 amide bonds. The van der Waals surface area contributed by atoms with E-state index in [1.807, 2.05) is 13.0 Å². The average Bonchev–Trinajstić information content (AvgIpc) is 3.16. The van der Waals surface area contributed by atoms with Crippen molar-refractivity contribution in [1.29, 1.82) is 0 Å². The maximum Gasteiger partial charge on any atom is 0.274 e. The zero-order valence-electron chi connectivity index (χ0n) is 12.6. The Kier molecular flexibility index (Phi) is 4.18. The number of carbonyl (C=O) groups excluding carboxylic acids is 1. The van der Waals surface area contributed by atoms with Crippen molar-refractivity contribution in [3.05, 3.63) is 66.0 Å². The molecule has 3 aromatic rings. The normalized spacial score (nSPS) is 10.7. The highest BCUT2D eigenvalue weighted by Gasteiger charge is 2.12. The molecule has 2 aromatic heterocycles. The molecule has 0 radical (unpaired) electrons. The Bertz CT molecular complexity index is 823. The van der Waals surface area contributed by atoms with Crippen LogP contribution in [0.3, 0.4) is 0 Å². The van der Waals surface area contributed by atoms with Crippen molar-refractivity contribution in [1.82, 2.24) is 19.6 Å². The Morgan fingerprint density at radius 3 is 2.96 bits per heavy atom. The summed E-state index contributed by atoms with van der Waals surface area (Å²) in [5.41, 5.74) is 1.87. The summed E-state index contributed by atoms with van der Waals surface area (Å²) >= 11 is 0. The smallest absolute Gasteiger partial charge is 0.274 e. The summed E-state index contributed by atoms with van der Waals surface area (Å²) in [6.45, 7) is 2.97. The standard InChI is InChI=1S/C16H16FN5O/c1-2-22-15(6-7-18-22)16(23)20-14-9-19-21(11-14)10-12-4-3-5-13(17)8-12/h3-9,11H,2,10H2,1H3,(H,20,23). The topological polar surface area (TPSA) is 64.7 Å². The van der Waals surface area contributed by atoms with E-state index in [1.165, 1.54) is 12.1 Å². The summed E-state index contributed by atoms with van der Waals surface area (Å²) in [5, 5.41) is 11.0. The molecule has 0 spiro atoms. The molecule has 23 heavy (non-hydrogen) atoms. The molecule has 0 bridgehead atoms. The molecule has 0 aliphatic heterocycles. The van der Waals surface area contributed by atoms with E-state index in [0.29, 0.717) is 24.5 Å². The minimum Gasteiger partial charge on any atom is -0.318 e. The predicted octanol–water partition coefficient (Wildman–Crippen LogP) is 2.54. The van der Waals surface area contributed by atoms with Gasteiger partial charge in [0.25, 0.3) is 5.91 Å². The maximum absolute atomic E-state index is 13.2. The molecule has 1 aromatic carbocycles. The van der Waals surface area contributed by atoms with E-state index in [4.69, 9.17) is 0 Å². The molecule has 0 saturated heterocycles. The Labute approximate surface area is 132 Å². The van der Waals surface area contributed by atoms with E-state index in [2.05, 4.69) is 15.5 Å². The van der Waals surface area contributed by atoms with Gasteiger partial charge in [0, 0.05) is 18.9 Å². The quantitative estimate of drug-likeness (QED) is 0.787. The monoisotopic (exact) mass is 313 g/mol. The highest BCUT2D eigenvalue weighted by Crippen LogP contribution is 2.11. The van der Waals surface area contributed by atoms with Crippen LogP contribution in [0.2, 0.25) is 0 Å². The van der Waals surface area contributed by atoms with Gasteiger partial charge in [-0.05, 0) is 30.7 Å². The largest absolute Gasteiger partial charge is 0.318 e. The van der Waals surface area contributed by atoms with Crippen LogP contribution in [0.5, 0.6) is 0 Å². The molecule has 7 heteroatoms. The third-order valence-electron chi connectivity index (χ3n) is 3.37. The molecule has 1 N–H and O–H groups in total. The molecule has 0 aliphatic carbocycles. The number of hydrogen-bond donors (Lipinski definition) is 1. The van der Waals surface area contributed by atoms with E-state index in [0.717, 1.165) is 5.56 Å². The molecule has 118 valence electrons. The van der Waals surface area contributed by atoms with Gasteiger partial charge in [-0.15, -0.1) is 0 Å². The number of nitrogens with one attached hydrogen (secondary N) is 1. The van der Waals surface area contributed by atoms with Crippen LogP contribution in [0.25, 0.3) is 0 Å². The van der Waals surface area contributed by atoms with Crippen LogP contribution in [-0.4, -0.2) is 25.5 Å². The van der Waals surface area contributed by atoms with Gasteiger partial charge in [0.05, 0.1) is 18.4 Å². The number of amides is 1. The lowest BCUT2D eigenvalue weighted by Gasteiger charge is -2.04. The lowest BCUT2D eigenvalue weighted by Crippen LogP contribution is -2.17. The third kappa shape index (κ3) is 3.45. The molecular formula is C16H16FN5O. The van der Waals surface area contributed by atoms with Crippen LogP contribution >= 0.6 is 0 Å². The van der Waals surface area contributed by atoms with Gasteiger partial charge in [-0.25, -0.2) is 4.39 Å². The second kappa shape index (κ2) is 6.43. The Morgan fingerprint density at radius 1 is 1.30 bits per heavy atom. The summed E-state index contributed by atoms with van der Waals surface area (Å²) in [5.74, 6) is -0.523. The lowest BCUT2D eigenvalue weighted by atomic mass is 10.2. The first kappa shape index (κ1) is 15.0. The van der Waals surface area contributed by atoms with Crippen molar-refractivity contribution < 1.29 is 9.18 Å². The van der Waals surface area contributed by atoms with Crippen LogP contribution < -0.4 is 5.32 Å². The first-order valence-corrected chi connectivity index (χ1v) is 7.26. The highest BCUT2D eigenvalue weighted by atomic mass is 19.1. The number of nitrogens with zero attached hydrogens (tertiary/aromatic N) is 4. The van der Waals surface area contributed by atoms with Gasteiger partial charge < -0.3 is 5.32 Å². The van der Waals surface area contributed by atoms with Crippen molar-refractivity contribution in [2.45, 2.75) is 20.0 Å². The van der Waals surface area contributed by atoms with E-state index in [1.54, 1.807) is 40.1 Å². The number of aryl methyl sites for hydroxylation is 1. The zero-order valence-corrected chi connectivity index (χ0v) is 12.6. The maximum atomic E-state index is 13.2. The van der Waals surface area contributed by atoms with Gasteiger partial charge in [0.2, 0.25) is 0 Å². The second-order valence-corrected chi connectivity index (χ2v) is 5.04. The second-order valence-electron chi connectivity index (χ2n) is 5.04. The first-order valence-electron chi connectivity index (χ1n) is 7.26. The number of rotatable bonds is 5. The van der Waals surface area contributed by atoms with Crippen molar-refractivity contribution in [3.63, 3.8) is 0 Å². The van der Waals surface area contributed by atoms with E-state index in [-0.39, 0.29) is 11.7 Å². The van der Waals surface area contributed by atoms with Crippen molar-refractivity contribution >= 4 is 11.6 Å². The highest BCUT2D eigenvalue weighted by molar-refractivity contribution is 6.02. The molecule has 0 unspecified atom stereocenters. The van der Waals surface area contributed by atoms with Crippen molar-refractivity contribution in [2.75, 3.05) is 5.32 Å². The predicted molar refractivity (Wildman–Crippen MR) is 83.6 cm³/mol. The van der Waals surface area contributed by atoms with Crippen molar-refractivity contribution in [3.8, 4) is 0 Å².